The molecule has 1 aliphatic heterocycles. The van der Waals surface area contributed by atoms with E-state index in [2.05, 4.69) is 10.6 Å². The van der Waals surface area contributed by atoms with Crippen LogP contribution in [0.1, 0.15) is 33.6 Å². The van der Waals surface area contributed by atoms with Gasteiger partial charge in [-0.1, -0.05) is 26.8 Å². The number of rotatable bonds is 4. The number of benzene rings is 1. The molecule has 1 aliphatic rings. The Labute approximate surface area is 155 Å². The second-order valence-corrected chi connectivity index (χ2v) is 9.72. The Bertz CT molecular complexity index is 784. The first kappa shape index (κ1) is 20.4. The maximum absolute atomic E-state index is 12.5. The van der Waals surface area contributed by atoms with Gasteiger partial charge in [0.25, 0.3) is 0 Å². The van der Waals surface area contributed by atoms with Crippen molar-refractivity contribution in [2.24, 2.45) is 11.3 Å². The fourth-order valence-corrected chi connectivity index (χ4v) is 3.61. The Balaban J connectivity index is 2.03. The van der Waals surface area contributed by atoms with E-state index in [0.717, 1.165) is 6.26 Å². The molecular formula is C18H27N3O4S. The van der Waals surface area contributed by atoms with E-state index in [4.69, 9.17) is 0 Å². The zero-order valence-corrected chi connectivity index (χ0v) is 16.5. The van der Waals surface area contributed by atoms with Crippen LogP contribution in [0.15, 0.2) is 24.3 Å². The Morgan fingerprint density at radius 3 is 2.35 bits per heavy atom. The first-order valence-electron chi connectivity index (χ1n) is 8.64. The molecule has 1 saturated heterocycles. The lowest BCUT2D eigenvalue weighted by Crippen LogP contribution is -2.43. The molecule has 8 heteroatoms. The van der Waals surface area contributed by atoms with Gasteiger partial charge in [0.15, 0.2) is 0 Å². The topological polar surface area (TPSA) is 95.6 Å². The van der Waals surface area contributed by atoms with Gasteiger partial charge < -0.3 is 10.6 Å². The second-order valence-electron chi connectivity index (χ2n) is 7.73. The molecule has 1 fully saturated rings. The van der Waals surface area contributed by atoms with E-state index in [1.807, 2.05) is 20.8 Å². The minimum atomic E-state index is -3.29. The van der Waals surface area contributed by atoms with Crippen molar-refractivity contribution in [1.82, 2.24) is 4.31 Å². The maximum Gasteiger partial charge on any atom is 0.229 e. The average molecular weight is 381 g/mol. The third-order valence-electron chi connectivity index (χ3n) is 4.29. The number of sulfonamides is 1. The molecule has 0 aromatic heterocycles. The van der Waals surface area contributed by atoms with Crippen molar-refractivity contribution in [2.75, 3.05) is 30.0 Å². The molecule has 0 saturated carbocycles. The van der Waals surface area contributed by atoms with E-state index in [0.29, 0.717) is 30.8 Å². The van der Waals surface area contributed by atoms with Crippen LogP contribution in [0.4, 0.5) is 11.4 Å². The van der Waals surface area contributed by atoms with E-state index in [-0.39, 0.29) is 24.3 Å². The monoisotopic (exact) mass is 381 g/mol. The number of nitrogens with one attached hydrogen (secondary N) is 2. The summed E-state index contributed by atoms with van der Waals surface area (Å²) in [5.74, 6) is -0.707. The molecule has 0 bridgehead atoms. The molecule has 2 amide bonds. The smallest absolute Gasteiger partial charge is 0.229 e. The summed E-state index contributed by atoms with van der Waals surface area (Å²) in [4.78, 5) is 24.6. The normalized spacial score (nSPS) is 19.0. The van der Waals surface area contributed by atoms with Gasteiger partial charge in [-0.3, -0.25) is 9.59 Å². The molecule has 2 N–H and O–H groups in total. The number of amides is 2. The first-order chi connectivity index (χ1) is 12.0. The van der Waals surface area contributed by atoms with Crippen LogP contribution in [0, 0.1) is 11.3 Å². The number of piperidine rings is 1. The summed E-state index contributed by atoms with van der Waals surface area (Å²) < 4.78 is 24.7. The number of hydrogen-bond donors (Lipinski definition) is 2. The Morgan fingerprint density at radius 2 is 1.77 bits per heavy atom. The number of anilines is 2. The summed E-state index contributed by atoms with van der Waals surface area (Å²) in [5.41, 5.74) is 0.651. The molecule has 1 aromatic carbocycles. The quantitative estimate of drug-likeness (QED) is 0.836. The van der Waals surface area contributed by atoms with E-state index < -0.39 is 15.4 Å². The van der Waals surface area contributed by atoms with Gasteiger partial charge in [0.05, 0.1) is 12.2 Å². The van der Waals surface area contributed by atoms with Gasteiger partial charge in [0, 0.05) is 29.9 Å². The van der Waals surface area contributed by atoms with Crippen molar-refractivity contribution in [3.8, 4) is 0 Å². The summed E-state index contributed by atoms with van der Waals surface area (Å²) >= 11 is 0. The summed E-state index contributed by atoms with van der Waals surface area (Å²) in [5, 5.41) is 5.65. The van der Waals surface area contributed by atoms with Crippen LogP contribution < -0.4 is 10.6 Å². The van der Waals surface area contributed by atoms with Crippen molar-refractivity contribution in [2.45, 2.75) is 33.6 Å². The molecule has 1 unspecified atom stereocenters. The molecule has 7 nitrogen and oxygen atoms in total. The van der Waals surface area contributed by atoms with Gasteiger partial charge in [-0.2, -0.15) is 0 Å². The lowest BCUT2D eigenvalue weighted by molar-refractivity contribution is -0.123. The third kappa shape index (κ3) is 5.54. The molecular weight excluding hydrogens is 354 g/mol. The molecule has 0 radical (unpaired) electrons. The Kier molecular flexibility index (Phi) is 6.08. The molecule has 2 rings (SSSR count). The second kappa shape index (κ2) is 7.75. The number of carbonyl (C=O) groups is 2. The van der Waals surface area contributed by atoms with Gasteiger partial charge in [-0.25, -0.2) is 12.7 Å². The van der Waals surface area contributed by atoms with Gasteiger partial charge in [-0.05, 0) is 31.0 Å². The van der Waals surface area contributed by atoms with Crippen LogP contribution in [-0.2, 0) is 19.6 Å². The number of carbonyl (C=O) groups excluding carboxylic acids is 2. The molecule has 1 heterocycles. The predicted octanol–water partition coefficient (Wildman–Crippen LogP) is 2.28. The minimum Gasteiger partial charge on any atom is -0.326 e. The summed E-state index contributed by atoms with van der Waals surface area (Å²) in [6.07, 6.45) is 2.47. The van der Waals surface area contributed by atoms with Gasteiger partial charge in [0.2, 0.25) is 21.8 Å². The Hall–Kier alpha value is -1.93. The standard InChI is InChI=1S/C18H27N3O4S/c1-18(2,3)17(23)20-15-9-5-8-14(11-15)19-16(22)13-7-6-10-21(12-13)26(4,24)25/h5,8-9,11,13H,6-7,10,12H2,1-4H3,(H,19,22)(H,20,23). The molecule has 144 valence electrons. The lowest BCUT2D eigenvalue weighted by Gasteiger charge is -2.30. The average Bonchev–Trinajstić information content (AvgIpc) is 2.53. The zero-order chi connectivity index (χ0) is 19.5. The van der Waals surface area contributed by atoms with Crippen LogP contribution in [0.3, 0.4) is 0 Å². The largest absolute Gasteiger partial charge is 0.326 e. The van der Waals surface area contributed by atoms with Crippen LogP contribution >= 0.6 is 0 Å². The molecule has 1 aromatic rings. The van der Waals surface area contributed by atoms with Crippen LogP contribution in [-0.4, -0.2) is 43.9 Å². The van der Waals surface area contributed by atoms with Gasteiger partial charge in [-0.15, -0.1) is 0 Å². The fourth-order valence-electron chi connectivity index (χ4n) is 2.70. The van der Waals surface area contributed by atoms with E-state index in [1.54, 1.807) is 24.3 Å². The SMILES string of the molecule is CC(C)(C)C(=O)Nc1cccc(NC(=O)C2CCCN(S(C)(=O)=O)C2)c1. The molecule has 1 atom stereocenters. The highest BCUT2D eigenvalue weighted by Crippen LogP contribution is 2.23. The summed E-state index contributed by atoms with van der Waals surface area (Å²) in [7, 11) is -3.29. The Morgan fingerprint density at radius 1 is 1.15 bits per heavy atom. The van der Waals surface area contributed by atoms with Gasteiger partial charge >= 0.3 is 0 Å². The van der Waals surface area contributed by atoms with Crippen molar-refractivity contribution < 1.29 is 18.0 Å². The third-order valence-corrected chi connectivity index (χ3v) is 5.56. The predicted molar refractivity (Wildman–Crippen MR) is 102 cm³/mol. The van der Waals surface area contributed by atoms with Crippen molar-refractivity contribution in [3.63, 3.8) is 0 Å². The van der Waals surface area contributed by atoms with Crippen LogP contribution in [0.25, 0.3) is 0 Å². The molecule has 0 aliphatic carbocycles. The van der Waals surface area contributed by atoms with Crippen LogP contribution in [0.5, 0.6) is 0 Å². The van der Waals surface area contributed by atoms with Crippen LogP contribution in [0.2, 0.25) is 0 Å². The van der Waals surface area contributed by atoms with Gasteiger partial charge in [0.1, 0.15) is 0 Å². The van der Waals surface area contributed by atoms with Crippen molar-refractivity contribution in [1.29, 1.82) is 0 Å². The van der Waals surface area contributed by atoms with E-state index in [1.165, 1.54) is 4.31 Å². The highest BCUT2D eigenvalue weighted by Gasteiger charge is 2.30. The number of hydrogen-bond acceptors (Lipinski definition) is 4. The van der Waals surface area contributed by atoms with E-state index >= 15 is 0 Å². The minimum absolute atomic E-state index is 0.114. The first-order valence-corrected chi connectivity index (χ1v) is 10.5. The summed E-state index contributed by atoms with van der Waals surface area (Å²) in [6, 6.07) is 6.93. The fraction of sp³-hybridized carbons (Fsp3) is 0.556. The highest BCUT2D eigenvalue weighted by atomic mass is 32.2. The maximum atomic E-state index is 12.5. The van der Waals surface area contributed by atoms with Crippen molar-refractivity contribution >= 4 is 33.2 Å². The number of nitrogens with zero attached hydrogens (tertiary/aromatic N) is 1. The molecule has 26 heavy (non-hydrogen) atoms. The zero-order valence-electron chi connectivity index (χ0n) is 15.7. The van der Waals surface area contributed by atoms with Crippen molar-refractivity contribution in [3.05, 3.63) is 24.3 Å². The highest BCUT2D eigenvalue weighted by molar-refractivity contribution is 7.88. The lowest BCUT2D eigenvalue weighted by atomic mass is 9.95. The van der Waals surface area contributed by atoms with E-state index in [9.17, 15) is 18.0 Å². The molecule has 0 spiro atoms. The summed E-state index contributed by atoms with van der Waals surface area (Å²) in [6.45, 7) is 6.13.